The molecule has 0 saturated heterocycles. The van der Waals surface area contributed by atoms with Crippen LogP contribution in [0, 0.1) is 12.3 Å². The van der Waals surface area contributed by atoms with Crippen LogP contribution in [-0.4, -0.2) is 79.0 Å². The van der Waals surface area contributed by atoms with E-state index in [0.29, 0.717) is 5.56 Å². The fourth-order valence-corrected chi connectivity index (χ4v) is 3.94. The number of nitrogens with one attached hydrogen (secondary N) is 1. The Hall–Kier alpha value is -5.57. The molecular formula is C26H26N8O7. The average Bonchev–Trinajstić information content (AvgIpc) is 3.24. The Balaban J connectivity index is 1.91. The molecule has 0 radical (unpaired) electrons. The highest BCUT2D eigenvalue weighted by atomic mass is 16.5. The molecule has 4 rings (SSSR count). The number of fused-ring (bicyclic) bond motifs is 1. The molecule has 2 heterocycles. The number of nitrogens with zero attached hydrogens (tertiary/aromatic N) is 5. The molecule has 0 spiro atoms. The summed E-state index contributed by atoms with van der Waals surface area (Å²) < 4.78 is 13.0. The lowest BCUT2D eigenvalue weighted by molar-refractivity contribution is -0.122. The first-order valence-corrected chi connectivity index (χ1v) is 12.0. The third kappa shape index (κ3) is 5.74. The molecule has 7 N–H and O–H groups in total. The summed E-state index contributed by atoms with van der Waals surface area (Å²) in [6, 6.07) is 8.38. The zero-order valence-electron chi connectivity index (χ0n) is 22.2. The molecule has 0 saturated carbocycles. The summed E-state index contributed by atoms with van der Waals surface area (Å²) in [6.07, 6.45) is 0. The Morgan fingerprint density at radius 1 is 1.05 bits per heavy atom. The van der Waals surface area contributed by atoms with Crippen LogP contribution >= 0.6 is 0 Å². The number of aromatic carboxylic acids is 1. The van der Waals surface area contributed by atoms with Gasteiger partial charge in [-0.15, -0.1) is 0 Å². The second-order valence-electron chi connectivity index (χ2n) is 8.97. The molecule has 41 heavy (non-hydrogen) atoms. The van der Waals surface area contributed by atoms with Gasteiger partial charge in [0.1, 0.15) is 34.8 Å². The number of carboxylic acids is 1. The van der Waals surface area contributed by atoms with Gasteiger partial charge in [-0.1, -0.05) is 12.1 Å². The fraction of sp³-hybridized carbons (Fsp3) is 0.192. The molecule has 2 amide bonds. The number of imidazole rings is 1. The van der Waals surface area contributed by atoms with Crippen LogP contribution in [0.25, 0.3) is 11.2 Å². The van der Waals surface area contributed by atoms with Crippen molar-refractivity contribution in [2.24, 2.45) is 11.5 Å². The standard InChI is InChI=1S/C26H26N8O7/c1-12-30-19-22(34(12)17(11-35)21(29)36)31-26(41-18-10-13(20(27)28)7-8-16(18)25(38)39)32-23(19)40-15-6-4-5-14(9-15)24(37)33(2)3/h4-10,17,35H,11H2,1-3H3,(H3,27,28)(H2,29,36)(H,38,39). The van der Waals surface area contributed by atoms with E-state index in [0.717, 1.165) is 0 Å². The van der Waals surface area contributed by atoms with E-state index in [2.05, 4.69) is 15.0 Å². The maximum Gasteiger partial charge on any atom is 0.339 e. The number of aliphatic hydroxyl groups excluding tert-OH is 1. The largest absolute Gasteiger partial charge is 0.478 e. The van der Waals surface area contributed by atoms with E-state index in [1.165, 1.54) is 33.7 Å². The molecule has 15 heteroatoms. The number of nitrogens with two attached hydrogens (primary N) is 2. The molecular weight excluding hydrogens is 536 g/mol. The average molecular weight is 563 g/mol. The van der Waals surface area contributed by atoms with E-state index in [-0.39, 0.29) is 57.2 Å². The third-order valence-corrected chi connectivity index (χ3v) is 5.90. The number of rotatable bonds is 10. The van der Waals surface area contributed by atoms with Gasteiger partial charge in [0.25, 0.3) is 11.8 Å². The quantitative estimate of drug-likeness (QED) is 0.137. The van der Waals surface area contributed by atoms with Gasteiger partial charge < -0.3 is 36.1 Å². The second-order valence-corrected chi connectivity index (χ2v) is 8.97. The van der Waals surface area contributed by atoms with E-state index in [9.17, 15) is 24.6 Å². The summed E-state index contributed by atoms with van der Waals surface area (Å²) in [4.78, 5) is 50.8. The van der Waals surface area contributed by atoms with Crippen molar-refractivity contribution in [1.82, 2.24) is 24.4 Å². The van der Waals surface area contributed by atoms with Crippen LogP contribution in [0.1, 0.15) is 38.1 Å². The zero-order chi connectivity index (χ0) is 30.0. The minimum absolute atomic E-state index is 0.0135. The van der Waals surface area contributed by atoms with Crippen molar-refractivity contribution < 1.29 is 34.1 Å². The molecule has 212 valence electrons. The van der Waals surface area contributed by atoms with Gasteiger partial charge in [0.15, 0.2) is 11.2 Å². The van der Waals surface area contributed by atoms with Crippen LogP contribution in [-0.2, 0) is 4.79 Å². The number of aliphatic hydroxyl groups is 1. The number of nitrogen functional groups attached to an aromatic ring is 1. The Morgan fingerprint density at radius 3 is 2.39 bits per heavy atom. The number of carboxylic acid groups (broad SMARTS) is 1. The highest BCUT2D eigenvalue weighted by Gasteiger charge is 2.27. The lowest BCUT2D eigenvalue weighted by atomic mass is 10.1. The molecule has 2 aromatic heterocycles. The predicted molar refractivity (Wildman–Crippen MR) is 144 cm³/mol. The lowest BCUT2D eigenvalue weighted by Gasteiger charge is -2.15. The van der Waals surface area contributed by atoms with Crippen molar-refractivity contribution in [2.45, 2.75) is 13.0 Å². The van der Waals surface area contributed by atoms with E-state index < -0.39 is 30.5 Å². The normalized spacial score (nSPS) is 11.6. The van der Waals surface area contributed by atoms with Crippen molar-refractivity contribution in [3.05, 3.63) is 65.0 Å². The maximum absolute atomic E-state index is 12.5. The maximum atomic E-state index is 12.5. The molecule has 15 nitrogen and oxygen atoms in total. The SMILES string of the molecule is Cc1nc2c(Oc3cccc(C(=O)N(C)C)c3)nc(Oc3cc(C(=N)N)ccc3C(=O)O)nc2n1C(CO)C(N)=O. The molecule has 1 unspecified atom stereocenters. The van der Waals surface area contributed by atoms with Gasteiger partial charge in [-0.25, -0.2) is 9.78 Å². The molecule has 0 fully saturated rings. The summed E-state index contributed by atoms with van der Waals surface area (Å²) >= 11 is 0. The van der Waals surface area contributed by atoms with Crippen LogP contribution in [0.5, 0.6) is 23.4 Å². The zero-order valence-corrected chi connectivity index (χ0v) is 22.2. The summed E-state index contributed by atoms with van der Waals surface area (Å²) in [6.45, 7) is 0.878. The van der Waals surface area contributed by atoms with Gasteiger partial charge in [-0.2, -0.15) is 9.97 Å². The first kappa shape index (κ1) is 28.4. The number of ether oxygens (including phenoxy) is 2. The summed E-state index contributed by atoms with van der Waals surface area (Å²) in [5.41, 5.74) is 11.4. The predicted octanol–water partition coefficient (Wildman–Crippen LogP) is 1.42. The van der Waals surface area contributed by atoms with Crippen molar-refractivity contribution >= 4 is 34.8 Å². The highest BCUT2D eigenvalue weighted by Crippen LogP contribution is 2.33. The van der Waals surface area contributed by atoms with Crippen LogP contribution in [0.4, 0.5) is 0 Å². The number of amides is 2. The number of carbonyl (C=O) groups excluding carboxylic acids is 2. The van der Waals surface area contributed by atoms with Gasteiger partial charge >= 0.3 is 12.0 Å². The van der Waals surface area contributed by atoms with E-state index in [1.807, 2.05) is 0 Å². The number of amidine groups is 1. The van der Waals surface area contributed by atoms with Crippen molar-refractivity contribution in [2.75, 3.05) is 20.7 Å². The minimum atomic E-state index is -1.33. The molecule has 0 bridgehead atoms. The Kier molecular flexibility index (Phi) is 7.82. The van der Waals surface area contributed by atoms with E-state index >= 15 is 0 Å². The molecule has 0 aliphatic rings. The van der Waals surface area contributed by atoms with E-state index in [4.69, 9.17) is 26.4 Å². The number of hydrogen-bond donors (Lipinski definition) is 5. The van der Waals surface area contributed by atoms with Gasteiger partial charge in [-0.05, 0) is 37.3 Å². The monoisotopic (exact) mass is 562 g/mol. The number of aryl methyl sites for hydroxylation is 1. The van der Waals surface area contributed by atoms with Crippen molar-refractivity contribution in [3.8, 4) is 23.4 Å². The fourth-order valence-electron chi connectivity index (χ4n) is 3.94. The molecule has 4 aromatic rings. The lowest BCUT2D eigenvalue weighted by Crippen LogP contribution is -2.30. The molecule has 2 aromatic carbocycles. The number of primary amides is 1. The highest BCUT2D eigenvalue weighted by molar-refractivity contribution is 5.98. The number of benzene rings is 2. The van der Waals surface area contributed by atoms with Crippen LogP contribution in [0.3, 0.4) is 0 Å². The molecule has 0 aliphatic heterocycles. The minimum Gasteiger partial charge on any atom is -0.478 e. The Morgan fingerprint density at radius 2 is 1.78 bits per heavy atom. The van der Waals surface area contributed by atoms with Crippen molar-refractivity contribution in [3.63, 3.8) is 0 Å². The number of aromatic nitrogens is 4. The topological polar surface area (TPSA) is 233 Å². The summed E-state index contributed by atoms with van der Waals surface area (Å²) in [5.74, 6) is -2.76. The molecule has 1 atom stereocenters. The molecule has 0 aliphatic carbocycles. The van der Waals surface area contributed by atoms with Gasteiger partial charge in [-0.3, -0.25) is 19.6 Å². The van der Waals surface area contributed by atoms with Crippen LogP contribution in [0.2, 0.25) is 0 Å². The third-order valence-electron chi connectivity index (χ3n) is 5.90. The first-order valence-electron chi connectivity index (χ1n) is 12.0. The Labute approximate surface area is 232 Å². The number of hydrogen-bond acceptors (Lipinski definition) is 10. The summed E-state index contributed by atoms with van der Waals surface area (Å²) in [7, 11) is 3.21. The first-order chi connectivity index (χ1) is 19.4. The smallest absolute Gasteiger partial charge is 0.339 e. The second kappa shape index (κ2) is 11.3. The van der Waals surface area contributed by atoms with Gasteiger partial charge in [0.05, 0.1) is 6.61 Å². The van der Waals surface area contributed by atoms with Gasteiger partial charge in [0.2, 0.25) is 5.91 Å². The van der Waals surface area contributed by atoms with E-state index in [1.54, 1.807) is 39.2 Å². The van der Waals surface area contributed by atoms with Crippen LogP contribution < -0.4 is 20.9 Å². The Bertz CT molecular complexity index is 1700. The number of carbonyl (C=O) groups is 3. The van der Waals surface area contributed by atoms with Crippen molar-refractivity contribution in [1.29, 1.82) is 5.41 Å². The van der Waals surface area contributed by atoms with Gasteiger partial charge in [0, 0.05) is 25.2 Å². The summed E-state index contributed by atoms with van der Waals surface area (Å²) in [5, 5.41) is 27.2. The van der Waals surface area contributed by atoms with Crippen LogP contribution in [0.15, 0.2) is 42.5 Å².